The molecule has 5 heavy (non-hydrogen) atoms. The summed E-state index contributed by atoms with van der Waals surface area (Å²) in [6.45, 7) is 0. The van der Waals surface area contributed by atoms with Gasteiger partial charge in [-0.1, -0.05) is 0 Å². The normalized spacial score (nSPS) is 25.8. The second-order valence-corrected chi connectivity index (χ2v) is 1.98. The fraction of sp³-hybridized carbons (Fsp3) is 1.00. The predicted molar refractivity (Wildman–Crippen MR) is 23.4 cm³/mol. The monoisotopic (exact) mass is 90.0 g/mol. The lowest BCUT2D eigenvalue weighted by atomic mass is 11.1. The van der Waals surface area contributed by atoms with Crippen molar-refractivity contribution in [1.29, 1.82) is 0 Å². The first-order valence-corrected chi connectivity index (χ1v) is 2.62. The van der Waals surface area contributed by atoms with Crippen molar-refractivity contribution in [1.82, 2.24) is 5.01 Å². The average Bonchev–Trinajstić information content (AvgIpc) is 1.30. The van der Waals surface area contributed by atoms with Gasteiger partial charge in [0.1, 0.15) is 0 Å². The topological polar surface area (TPSA) is 29.3 Å². The Bertz CT molecular complexity index is 34.6. The number of rotatable bonds is 0. The van der Waals surface area contributed by atoms with E-state index in [4.69, 9.17) is 5.84 Å². The van der Waals surface area contributed by atoms with Crippen LogP contribution >= 0.6 is 11.8 Å². The summed E-state index contributed by atoms with van der Waals surface area (Å²) in [5.74, 6) is 7.22. The van der Waals surface area contributed by atoms with Gasteiger partial charge < -0.3 is 0 Å². The van der Waals surface area contributed by atoms with Crippen LogP contribution in [0.2, 0.25) is 0 Å². The first-order chi connectivity index (χ1) is 2.39. The zero-order valence-electron chi connectivity index (χ0n) is 2.85. The van der Waals surface area contributed by atoms with Gasteiger partial charge in [0, 0.05) is 0 Å². The van der Waals surface area contributed by atoms with E-state index in [-0.39, 0.29) is 0 Å². The molecule has 0 aromatic rings. The molecule has 0 aromatic carbocycles. The van der Waals surface area contributed by atoms with Crippen molar-refractivity contribution in [2.45, 2.75) is 0 Å². The molecule has 1 saturated heterocycles. The summed E-state index contributed by atoms with van der Waals surface area (Å²) in [7, 11) is 0. The third-order valence-corrected chi connectivity index (χ3v) is 1.54. The molecule has 0 spiro atoms. The molecule has 1 heterocycles. The Morgan fingerprint density at radius 2 is 2.00 bits per heavy atom. The number of nitrogens with two attached hydrogens (primary N) is 1. The van der Waals surface area contributed by atoms with Gasteiger partial charge in [0.05, 0.1) is 11.8 Å². The number of thioether (sulfide) groups is 1. The molecule has 0 aliphatic carbocycles. The van der Waals surface area contributed by atoms with Gasteiger partial charge in [0.2, 0.25) is 0 Å². The van der Waals surface area contributed by atoms with Gasteiger partial charge in [-0.25, -0.2) is 5.01 Å². The van der Waals surface area contributed by atoms with Crippen LogP contribution in [0.1, 0.15) is 0 Å². The second kappa shape index (κ2) is 1.16. The summed E-state index contributed by atoms with van der Waals surface area (Å²) in [4.78, 5) is 0. The highest BCUT2D eigenvalue weighted by molar-refractivity contribution is 8.00. The van der Waals surface area contributed by atoms with Gasteiger partial charge in [-0.2, -0.15) is 0 Å². The zero-order valence-corrected chi connectivity index (χ0v) is 3.66. The number of nitrogens with zero attached hydrogens (tertiary/aromatic N) is 1. The summed E-state index contributed by atoms with van der Waals surface area (Å²) < 4.78 is 0. The van der Waals surface area contributed by atoms with Crippen LogP contribution in [0.25, 0.3) is 0 Å². The van der Waals surface area contributed by atoms with Crippen LogP contribution in [0.3, 0.4) is 0 Å². The van der Waals surface area contributed by atoms with Crippen molar-refractivity contribution in [3.8, 4) is 0 Å². The van der Waals surface area contributed by atoms with E-state index in [0.29, 0.717) is 0 Å². The van der Waals surface area contributed by atoms with Gasteiger partial charge in [0.15, 0.2) is 0 Å². The highest BCUT2D eigenvalue weighted by atomic mass is 32.2. The molecule has 30 valence electrons. The summed E-state index contributed by atoms with van der Waals surface area (Å²) in [6, 6.07) is 0. The SMILES string of the molecule is NN1CSC1. The van der Waals surface area contributed by atoms with E-state index >= 15 is 0 Å². The maximum atomic E-state index is 5.19. The van der Waals surface area contributed by atoms with Crippen LogP contribution in [-0.4, -0.2) is 16.8 Å². The van der Waals surface area contributed by atoms with Crippen LogP contribution < -0.4 is 5.84 Å². The average molecular weight is 90.2 g/mol. The molecule has 1 rings (SSSR count). The minimum absolute atomic E-state index is 1.01. The van der Waals surface area contributed by atoms with E-state index in [1.807, 2.05) is 11.8 Å². The maximum Gasteiger partial charge on any atom is 0.0607 e. The Hall–Kier alpha value is 0.270. The molecule has 1 fully saturated rings. The standard InChI is InChI=1S/C2H6N2S/c3-4-1-5-2-4/h1-3H2. The molecule has 0 atom stereocenters. The Morgan fingerprint density at radius 1 is 1.60 bits per heavy atom. The zero-order chi connectivity index (χ0) is 3.70. The second-order valence-electron chi connectivity index (χ2n) is 1.05. The van der Waals surface area contributed by atoms with Crippen molar-refractivity contribution < 1.29 is 0 Å². The molecule has 0 radical (unpaired) electrons. The summed E-state index contributed by atoms with van der Waals surface area (Å²) in [5, 5.41) is 1.77. The van der Waals surface area contributed by atoms with E-state index in [9.17, 15) is 0 Å². The van der Waals surface area contributed by atoms with Gasteiger partial charge in [0.25, 0.3) is 0 Å². The Labute approximate surface area is 35.3 Å². The molecule has 0 aromatic heterocycles. The maximum absolute atomic E-state index is 5.19. The number of hydrogen-bond acceptors (Lipinski definition) is 3. The van der Waals surface area contributed by atoms with Crippen LogP contribution in [-0.2, 0) is 0 Å². The van der Waals surface area contributed by atoms with Crippen LogP contribution in [0, 0.1) is 0 Å². The third-order valence-electron chi connectivity index (χ3n) is 0.514. The first kappa shape index (κ1) is 3.46. The predicted octanol–water partition coefficient (Wildman–Crippen LogP) is -0.176. The molecule has 2 N–H and O–H groups in total. The smallest absolute Gasteiger partial charge is 0.0607 e. The molecular weight excluding hydrogens is 84.1 g/mol. The lowest BCUT2D eigenvalue weighted by Gasteiger charge is -2.23. The molecule has 1 aliphatic heterocycles. The largest absolute Gasteiger partial charge is 0.267 e. The van der Waals surface area contributed by atoms with Crippen LogP contribution in [0.15, 0.2) is 0 Å². The molecule has 2 nitrogen and oxygen atoms in total. The van der Waals surface area contributed by atoms with E-state index < -0.39 is 0 Å². The summed E-state index contributed by atoms with van der Waals surface area (Å²) in [6.07, 6.45) is 0. The highest BCUT2D eigenvalue weighted by Gasteiger charge is 2.06. The minimum atomic E-state index is 1.01. The molecule has 0 amide bonds. The Balaban J connectivity index is 2.08. The lowest BCUT2D eigenvalue weighted by Crippen LogP contribution is -2.38. The molecule has 3 heteroatoms. The molecule has 1 aliphatic rings. The van der Waals surface area contributed by atoms with Crippen molar-refractivity contribution >= 4 is 11.8 Å². The van der Waals surface area contributed by atoms with Crippen molar-refractivity contribution in [3.05, 3.63) is 0 Å². The Morgan fingerprint density at radius 3 is 2.00 bits per heavy atom. The van der Waals surface area contributed by atoms with Crippen molar-refractivity contribution in [2.75, 3.05) is 11.8 Å². The highest BCUT2D eigenvalue weighted by Crippen LogP contribution is 2.11. The van der Waals surface area contributed by atoms with Crippen LogP contribution in [0.4, 0.5) is 0 Å². The molecular formula is C2H6N2S. The van der Waals surface area contributed by atoms with E-state index in [0.717, 1.165) is 11.8 Å². The van der Waals surface area contributed by atoms with Crippen LogP contribution in [0.5, 0.6) is 0 Å². The summed E-state index contributed by atoms with van der Waals surface area (Å²) in [5.41, 5.74) is 0. The fourth-order valence-electron chi connectivity index (χ4n) is 0.197. The number of hydrogen-bond donors (Lipinski definition) is 1. The van der Waals surface area contributed by atoms with Crippen molar-refractivity contribution in [3.63, 3.8) is 0 Å². The van der Waals surface area contributed by atoms with Crippen molar-refractivity contribution in [2.24, 2.45) is 5.84 Å². The van der Waals surface area contributed by atoms with E-state index in [1.165, 1.54) is 0 Å². The Kier molecular flexibility index (Phi) is 0.804. The molecule has 0 bridgehead atoms. The quantitative estimate of drug-likeness (QED) is 0.418. The minimum Gasteiger partial charge on any atom is -0.267 e. The van der Waals surface area contributed by atoms with E-state index in [1.54, 1.807) is 5.01 Å². The lowest BCUT2D eigenvalue weighted by molar-refractivity contribution is 0.366. The molecule has 0 unspecified atom stereocenters. The number of hydrazine groups is 1. The summed E-state index contributed by atoms with van der Waals surface area (Å²) >= 11 is 1.85. The van der Waals surface area contributed by atoms with Gasteiger partial charge >= 0.3 is 0 Å². The van der Waals surface area contributed by atoms with Gasteiger partial charge in [-0.05, 0) is 0 Å². The molecule has 0 saturated carbocycles. The van der Waals surface area contributed by atoms with Gasteiger partial charge in [-0.3, -0.25) is 5.84 Å². The van der Waals surface area contributed by atoms with E-state index in [2.05, 4.69) is 0 Å². The fourth-order valence-corrected chi connectivity index (χ4v) is 0.590. The van der Waals surface area contributed by atoms with Gasteiger partial charge in [-0.15, -0.1) is 11.8 Å². The first-order valence-electron chi connectivity index (χ1n) is 1.47. The third kappa shape index (κ3) is 0.560.